The quantitative estimate of drug-likeness (QED) is 0.253. The second-order valence-electron chi connectivity index (χ2n) is 8.83. The zero-order valence-corrected chi connectivity index (χ0v) is 19.0. The van der Waals surface area contributed by atoms with Gasteiger partial charge >= 0.3 is 0 Å². The van der Waals surface area contributed by atoms with Crippen LogP contribution in [-0.4, -0.2) is 36.6 Å². The Labute approximate surface area is 201 Å². The Morgan fingerprint density at radius 1 is 1.03 bits per heavy atom. The summed E-state index contributed by atoms with van der Waals surface area (Å²) in [4.78, 5) is 17.1. The van der Waals surface area contributed by atoms with Gasteiger partial charge in [-0.3, -0.25) is 9.48 Å². The van der Waals surface area contributed by atoms with Crippen molar-refractivity contribution >= 4 is 17.2 Å². The monoisotopic (exact) mass is 473 g/mol. The number of nitrogen functional groups attached to an aromatic ring is 1. The van der Waals surface area contributed by atoms with Crippen molar-refractivity contribution < 1.29 is 4.79 Å². The molecule has 1 amide bonds. The number of aromatic nitrogens is 5. The molecular weight excluding hydrogens is 446 g/mol. The summed E-state index contributed by atoms with van der Waals surface area (Å²) < 4.78 is 3.92. The molecule has 0 unspecified atom stereocenters. The SMILES string of the molecule is Nc1ncnn2c(-c3cccc(C(=O)NC4NNNN4)c3)cc(-c3ccnn3C3CCCCC3)c12. The first-order valence-corrected chi connectivity index (χ1v) is 11.8. The fourth-order valence-corrected chi connectivity index (χ4v) is 4.97. The molecule has 2 aliphatic rings. The van der Waals surface area contributed by atoms with Gasteiger partial charge in [-0.25, -0.2) is 20.4 Å². The zero-order valence-electron chi connectivity index (χ0n) is 19.0. The van der Waals surface area contributed by atoms with E-state index < -0.39 is 6.29 Å². The van der Waals surface area contributed by atoms with Crippen molar-refractivity contribution in [1.82, 2.24) is 51.6 Å². The number of nitrogens with two attached hydrogens (primary N) is 1. The number of amides is 1. The average molecular weight is 474 g/mol. The van der Waals surface area contributed by atoms with E-state index in [0.717, 1.165) is 40.9 Å². The van der Waals surface area contributed by atoms with Crippen molar-refractivity contribution in [2.75, 3.05) is 5.73 Å². The van der Waals surface area contributed by atoms with Crippen LogP contribution in [0.2, 0.25) is 0 Å². The van der Waals surface area contributed by atoms with E-state index in [9.17, 15) is 4.79 Å². The highest BCUT2D eigenvalue weighted by Crippen LogP contribution is 2.37. The van der Waals surface area contributed by atoms with Crippen LogP contribution in [0.5, 0.6) is 0 Å². The lowest BCUT2D eigenvalue weighted by Crippen LogP contribution is -2.49. The molecule has 4 heterocycles. The molecule has 1 saturated heterocycles. The fraction of sp³-hybridized carbons (Fsp3) is 0.304. The topological polar surface area (TPSA) is 151 Å². The first-order chi connectivity index (χ1) is 17.2. The van der Waals surface area contributed by atoms with E-state index >= 15 is 0 Å². The second-order valence-corrected chi connectivity index (χ2v) is 8.83. The first-order valence-electron chi connectivity index (χ1n) is 11.8. The number of benzene rings is 1. The smallest absolute Gasteiger partial charge is 0.253 e. The fourth-order valence-electron chi connectivity index (χ4n) is 4.97. The molecule has 1 aliphatic carbocycles. The molecule has 7 N–H and O–H groups in total. The van der Waals surface area contributed by atoms with Gasteiger partial charge in [-0.15, -0.1) is 0 Å². The molecule has 1 saturated carbocycles. The molecule has 2 fully saturated rings. The van der Waals surface area contributed by atoms with Crippen LogP contribution in [0.4, 0.5) is 5.82 Å². The molecule has 12 heteroatoms. The van der Waals surface area contributed by atoms with E-state index in [2.05, 4.69) is 53.2 Å². The highest BCUT2D eigenvalue weighted by molar-refractivity contribution is 5.96. The van der Waals surface area contributed by atoms with Gasteiger partial charge < -0.3 is 11.1 Å². The number of carbonyl (C=O) groups excluding carboxylic acids is 1. The van der Waals surface area contributed by atoms with Crippen molar-refractivity contribution in [1.29, 1.82) is 0 Å². The molecule has 1 aromatic carbocycles. The maximum Gasteiger partial charge on any atom is 0.253 e. The molecule has 180 valence electrons. The number of hydrazine groups is 3. The Kier molecular flexibility index (Phi) is 5.62. The van der Waals surface area contributed by atoms with Gasteiger partial charge in [0.1, 0.15) is 11.8 Å². The number of hydrogen-bond donors (Lipinski definition) is 6. The first kappa shape index (κ1) is 21.7. The molecule has 6 rings (SSSR count). The number of hydrogen-bond acceptors (Lipinski definition) is 9. The van der Waals surface area contributed by atoms with Gasteiger partial charge in [0.2, 0.25) is 0 Å². The zero-order chi connectivity index (χ0) is 23.8. The highest BCUT2D eigenvalue weighted by Gasteiger charge is 2.24. The minimum absolute atomic E-state index is 0.229. The summed E-state index contributed by atoms with van der Waals surface area (Å²) in [6.07, 6.45) is 8.78. The van der Waals surface area contributed by atoms with E-state index in [-0.39, 0.29) is 5.91 Å². The number of rotatable bonds is 5. The summed E-state index contributed by atoms with van der Waals surface area (Å²) in [6, 6.07) is 11.9. The lowest BCUT2D eigenvalue weighted by atomic mass is 9.95. The molecular formula is C23H27N11O. The predicted octanol–water partition coefficient (Wildman–Crippen LogP) is 1.48. The summed E-state index contributed by atoms with van der Waals surface area (Å²) in [5.41, 5.74) is 22.2. The summed E-state index contributed by atoms with van der Waals surface area (Å²) in [6.45, 7) is 0. The third-order valence-corrected chi connectivity index (χ3v) is 6.64. The third kappa shape index (κ3) is 4.02. The van der Waals surface area contributed by atoms with Gasteiger partial charge in [-0.2, -0.15) is 21.3 Å². The van der Waals surface area contributed by atoms with Crippen molar-refractivity contribution in [3.05, 3.63) is 54.5 Å². The summed E-state index contributed by atoms with van der Waals surface area (Å²) >= 11 is 0. The number of fused-ring (bicyclic) bond motifs is 1. The van der Waals surface area contributed by atoms with Gasteiger partial charge in [0.25, 0.3) is 5.91 Å². The van der Waals surface area contributed by atoms with Crippen LogP contribution in [-0.2, 0) is 0 Å². The molecule has 12 nitrogen and oxygen atoms in total. The van der Waals surface area contributed by atoms with Crippen molar-refractivity contribution in [2.24, 2.45) is 0 Å². The van der Waals surface area contributed by atoms with Crippen molar-refractivity contribution in [2.45, 2.75) is 44.4 Å². The maximum atomic E-state index is 12.8. The minimum atomic E-state index is -0.445. The maximum absolute atomic E-state index is 12.8. The van der Waals surface area contributed by atoms with Crippen LogP contribution in [0.3, 0.4) is 0 Å². The van der Waals surface area contributed by atoms with Crippen molar-refractivity contribution in [3.8, 4) is 22.5 Å². The Morgan fingerprint density at radius 3 is 2.69 bits per heavy atom. The lowest BCUT2D eigenvalue weighted by Gasteiger charge is -2.23. The van der Waals surface area contributed by atoms with Crippen LogP contribution in [0, 0.1) is 0 Å². The molecule has 0 atom stereocenters. The number of anilines is 1. The van der Waals surface area contributed by atoms with Gasteiger partial charge in [-0.1, -0.05) is 31.4 Å². The molecule has 35 heavy (non-hydrogen) atoms. The minimum Gasteiger partial charge on any atom is -0.382 e. The van der Waals surface area contributed by atoms with Gasteiger partial charge in [0.05, 0.1) is 17.4 Å². The van der Waals surface area contributed by atoms with Gasteiger partial charge in [0, 0.05) is 22.9 Å². The second kappa shape index (κ2) is 9.07. The standard InChI is InChI=1S/C23H27N11O/c24-21-20-17(18-9-10-26-33(18)16-7-2-1-3-8-16)12-19(34(20)27-13-25-21)14-5-4-6-15(11-14)22(35)28-23-29-31-32-30-23/h4-6,9-13,16,23,29-32H,1-3,7-8H2,(H,28,35)(H2,24,25,27). The van der Waals surface area contributed by atoms with Crippen molar-refractivity contribution in [3.63, 3.8) is 0 Å². The lowest BCUT2D eigenvalue weighted by molar-refractivity contribution is 0.0927. The Bertz CT molecular complexity index is 1370. The summed E-state index contributed by atoms with van der Waals surface area (Å²) in [7, 11) is 0. The van der Waals surface area contributed by atoms with Crippen LogP contribution in [0.25, 0.3) is 28.0 Å². The van der Waals surface area contributed by atoms with Crippen LogP contribution < -0.4 is 33.0 Å². The normalized spacial score (nSPS) is 17.3. The Hall–Kier alpha value is -3.84. The summed E-state index contributed by atoms with van der Waals surface area (Å²) in [5, 5.41) is 12.0. The number of nitrogens with zero attached hydrogens (tertiary/aromatic N) is 5. The van der Waals surface area contributed by atoms with Crippen LogP contribution in [0.15, 0.2) is 48.9 Å². The van der Waals surface area contributed by atoms with E-state index in [0.29, 0.717) is 17.4 Å². The molecule has 3 aromatic heterocycles. The molecule has 1 aliphatic heterocycles. The molecule has 0 radical (unpaired) electrons. The Morgan fingerprint density at radius 2 is 1.86 bits per heavy atom. The van der Waals surface area contributed by atoms with Gasteiger partial charge in [0.15, 0.2) is 12.1 Å². The number of nitrogens with one attached hydrogen (secondary N) is 5. The van der Waals surface area contributed by atoms with Gasteiger partial charge in [-0.05, 0) is 37.1 Å². The predicted molar refractivity (Wildman–Crippen MR) is 130 cm³/mol. The number of carbonyl (C=O) groups is 1. The summed E-state index contributed by atoms with van der Waals surface area (Å²) in [5.74, 6) is 0.165. The van der Waals surface area contributed by atoms with Crippen LogP contribution in [0.1, 0.15) is 48.5 Å². The average Bonchev–Trinajstić information content (AvgIpc) is 3.65. The highest BCUT2D eigenvalue weighted by atomic mass is 16.2. The molecule has 0 spiro atoms. The van der Waals surface area contributed by atoms with E-state index in [1.54, 1.807) is 10.6 Å². The van der Waals surface area contributed by atoms with E-state index in [1.807, 2.05) is 30.5 Å². The molecule has 0 bridgehead atoms. The largest absolute Gasteiger partial charge is 0.382 e. The third-order valence-electron chi connectivity index (χ3n) is 6.64. The Balaban J connectivity index is 1.42. The van der Waals surface area contributed by atoms with Crippen LogP contribution >= 0.6 is 0 Å². The van der Waals surface area contributed by atoms with E-state index in [1.165, 1.54) is 25.6 Å². The van der Waals surface area contributed by atoms with E-state index in [4.69, 9.17) is 5.73 Å². The molecule has 4 aromatic rings.